The van der Waals surface area contributed by atoms with E-state index in [-0.39, 0.29) is 36.0 Å². The third-order valence-corrected chi connectivity index (χ3v) is 6.00. The minimum Gasteiger partial charge on any atom is -0.368 e. The number of nitrogens with one attached hydrogen (secondary N) is 1. The third-order valence-electron chi connectivity index (χ3n) is 6.00. The van der Waals surface area contributed by atoms with Crippen LogP contribution in [-0.4, -0.2) is 73.6 Å². The zero-order valence-electron chi connectivity index (χ0n) is 16.8. The molecule has 3 unspecified atom stereocenters. The van der Waals surface area contributed by atoms with Gasteiger partial charge in [-0.3, -0.25) is 9.79 Å². The van der Waals surface area contributed by atoms with E-state index >= 15 is 0 Å². The summed E-state index contributed by atoms with van der Waals surface area (Å²) in [7, 11) is 1.84. The number of rotatable bonds is 3. The van der Waals surface area contributed by atoms with Crippen LogP contribution in [0.4, 0.5) is 0 Å². The normalized spacial score (nSPS) is 27.4. The van der Waals surface area contributed by atoms with Gasteiger partial charge in [-0.25, -0.2) is 0 Å². The molecule has 2 saturated heterocycles. The monoisotopic (exact) mass is 498 g/mol. The number of piperazine rings is 1. The maximum atomic E-state index is 12.5. The summed E-state index contributed by atoms with van der Waals surface area (Å²) in [6.07, 6.45) is 2.80. The van der Waals surface area contributed by atoms with Crippen molar-refractivity contribution >= 4 is 35.8 Å². The van der Waals surface area contributed by atoms with Crippen LogP contribution in [0.15, 0.2) is 29.3 Å². The van der Waals surface area contributed by atoms with Crippen LogP contribution in [0.5, 0.6) is 0 Å². The molecule has 28 heavy (non-hydrogen) atoms. The van der Waals surface area contributed by atoms with Crippen LogP contribution in [-0.2, 0) is 9.53 Å². The minimum atomic E-state index is -0.213. The minimum absolute atomic E-state index is 0. The lowest BCUT2D eigenvalue weighted by molar-refractivity contribution is -0.142. The Morgan fingerprint density at radius 3 is 2.54 bits per heavy atom. The largest absolute Gasteiger partial charge is 0.368 e. The van der Waals surface area contributed by atoms with Gasteiger partial charge >= 0.3 is 0 Å². The number of hydrogen-bond acceptors (Lipinski definition) is 3. The van der Waals surface area contributed by atoms with E-state index in [9.17, 15) is 4.79 Å². The number of carbonyl (C=O) groups excluding carboxylic acids is 1. The molecule has 1 N–H and O–H groups in total. The molecule has 2 heterocycles. The molecule has 0 spiro atoms. The first kappa shape index (κ1) is 21.4. The van der Waals surface area contributed by atoms with Crippen molar-refractivity contribution in [1.82, 2.24) is 15.1 Å². The summed E-state index contributed by atoms with van der Waals surface area (Å²) in [5.41, 5.74) is 2.81. The molecule has 3 fully saturated rings. The first-order valence-electron chi connectivity index (χ1n) is 10.1. The molecule has 1 aromatic rings. The number of amides is 1. The molecule has 0 bridgehead atoms. The van der Waals surface area contributed by atoms with Gasteiger partial charge in [0.2, 0.25) is 0 Å². The van der Waals surface area contributed by atoms with E-state index in [0.717, 1.165) is 58.0 Å². The molecule has 0 radical (unpaired) electrons. The summed E-state index contributed by atoms with van der Waals surface area (Å²) < 4.78 is 5.55. The van der Waals surface area contributed by atoms with Gasteiger partial charge in [-0.15, -0.1) is 24.0 Å². The van der Waals surface area contributed by atoms with Crippen LogP contribution in [0.2, 0.25) is 0 Å². The van der Waals surface area contributed by atoms with Crippen molar-refractivity contribution < 1.29 is 9.53 Å². The van der Waals surface area contributed by atoms with E-state index in [0.29, 0.717) is 12.0 Å². The number of guanidine groups is 1. The van der Waals surface area contributed by atoms with Crippen molar-refractivity contribution in [2.45, 2.75) is 44.2 Å². The van der Waals surface area contributed by atoms with Gasteiger partial charge in [-0.1, -0.05) is 24.3 Å². The van der Waals surface area contributed by atoms with Gasteiger partial charge in [0.1, 0.15) is 6.10 Å². The van der Waals surface area contributed by atoms with E-state index in [1.165, 1.54) is 11.1 Å². The zero-order chi connectivity index (χ0) is 18.8. The van der Waals surface area contributed by atoms with Gasteiger partial charge in [0.05, 0.1) is 0 Å². The van der Waals surface area contributed by atoms with Crippen LogP contribution in [0.25, 0.3) is 0 Å². The Morgan fingerprint density at radius 1 is 1.18 bits per heavy atom. The molecular formula is C21H31IN4O2. The smallest absolute Gasteiger partial charge is 0.251 e. The Kier molecular flexibility index (Phi) is 7.20. The molecule has 2 aliphatic heterocycles. The van der Waals surface area contributed by atoms with Crippen LogP contribution < -0.4 is 5.32 Å². The molecule has 4 rings (SSSR count). The average Bonchev–Trinajstić information content (AvgIpc) is 3.23. The molecule has 3 aliphatic rings. The van der Waals surface area contributed by atoms with Gasteiger partial charge in [0, 0.05) is 51.8 Å². The summed E-state index contributed by atoms with van der Waals surface area (Å²) >= 11 is 0. The van der Waals surface area contributed by atoms with Gasteiger partial charge in [-0.2, -0.15) is 0 Å². The fraction of sp³-hybridized carbons (Fsp3) is 0.619. The Balaban J connectivity index is 0.00000225. The Morgan fingerprint density at radius 2 is 1.89 bits per heavy atom. The number of nitrogens with zero attached hydrogens (tertiary/aromatic N) is 3. The highest BCUT2D eigenvalue weighted by Crippen LogP contribution is 2.42. The number of ether oxygens (including phenoxy) is 1. The molecule has 3 atom stereocenters. The Labute approximate surface area is 184 Å². The summed E-state index contributed by atoms with van der Waals surface area (Å²) in [6, 6.07) is 9.09. The van der Waals surface area contributed by atoms with Crippen molar-refractivity contribution in [3.8, 4) is 0 Å². The Hall–Kier alpha value is -1.35. The SMILES string of the molecule is CN=C(NC1CC1c1ccccc1C)N1CCN(C(=O)C2CCCO2)CC1.I. The molecule has 6 nitrogen and oxygen atoms in total. The van der Waals surface area contributed by atoms with Crippen LogP contribution in [0.3, 0.4) is 0 Å². The van der Waals surface area contributed by atoms with E-state index in [1.807, 2.05) is 11.9 Å². The topological polar surface area (TPSA) is 57.2 Å². The number of hydrogen-bond donors (Lipinski definition) is 1. The number of carbonyl (C=O) groups is 1. The molecule has 1 aliphatic carbocycles. The Bertz CT molecular complexity index is 712. The van der Waals surface area contributed by atoms with E-state index in [1.54, 1.807) is 0 Å². The average molecular weight is 498 g/mol. The van der Waals surface area contributed by atoms with E-state index in [4.69, 9.17) is 4.74 Å². The highest BCUT2D eigenvalue weighted by Gasteiger charge is 2.40. The number of benzene rings is 1. The van der Waals surface area contributed by atoms with Crippen molar-refractivity contribution in [3.05, 3.63) is 35.4 Å². The standard InChI is InChI=1S/C21H30N4O2.HI/c1-15-6-3-4-7-16(15)17-14-18(17)23-21(22-2)25-11-9-24(10-12-25)20(26)19-8-5-13-27-19;/h3-4,6-7,17-19H,5,8-14H2,1-2H3,(H,22,23);1H. The lowest BCUT2D eigenvalue weighted by atomic mass is 10.0. The zero-order valence-corrected chi connectivity index (χ0v) is 19.1. The quantitative estimate of drug-likeness (QED) is 0.395. The first-order valence-corrected chi connectivity index (χ1v) is 10.1. The number of halogens is 1. The second-order valence-electron chi connectivity index (χ2n) is 7.81. The molecule has 7 heteroatoms. The maximum absolute atomic E-state index is 12.5. The van der Waals surface area contributed by atoms with Crippen LogP contribution >= 0.6 is 24.0 Å². The molecule has 1 saturated carbocycles. The predicted octanol–water partition coefficient (Wildman–Crippen LogP) is 2.37. The van der Waals surface area contributed by atoms with E-state index in [2.05, 4.69) is 46.4 Å². The van der Waals surface area contributed by atoms with Gasteiger partial charge in [0.15, 0.2) is 5.96 Å². The maximum Gasteiger partial charge on any atom is 0.251 e. The molecular weight excluding hydrogens is 467 g/mol. The lowest BCUT2D eigenvalue weighted by Crippen LogP contribution is -2.55. The van der Waals surface area contributed by atoms with Gasteiger partial charge in [0.25, 0.3) is 5.91 Å². The first-order chi connectivity index (χ1) is 13.2. The van der Waals surface area contributed by atoms with Crippen molar-refractivity contribution in [2.75, 3.05) is 39.8 Å². The molecule has 1 aromatic carbocycles. The van der Waals surface area contributed by atoms with Gasteiger partial charge in [-0.05, 0) is 37.3 Å². The summed E-state index contributed by atoms with van der Waals surface area (Å²) in [5.74, 6) is 1.70. The highest BCUT2D eigenvalue weighted by molar-refractivity contribution is 14.0. The molecule has 0 aromatic heterocycles. The molecule has 1 amide bonds. The predicted molar refractivity (Wildman–Crippen MR) is 121 cm³/mol. The number of aryl methyl sites for hydroxylation is 1. The number of aliphatic imine (C=N–C) groups is 1. The molecule has 154 valence electrons. The second kappa shape index (κ2) is 9.43. The van der Waals surface area contributed by atoms with Crippen molar-refractivity contribution in [2.24, 2.45) is 4.99 Å². The summed E-state index contributed by atoms with van der Waals surface area (Å²) in [6.45, 7) is 6.02. The fourth-order valence-electron chi connectivity index (χ4n) is 4.28. The third kappa shape index (κ3) is 4.62. The van der Waals surface area contributed by atoms with Crippen molar-refractivity contribution in [3.63, 3.8) is 0 Å². The van der Waals surface area contributed by atoms with E-state index < -0.39 is 0 Å². The van der Waals surface area contributed by atoms with Gasteiger partial charge < -0.3 is 19.9 Å². The lowest BCUT2D eigenvalue weighted by Gasteiger charge is -2.37. The summed E-state index contributed by atoms with van der Waals surface area (Å²) in [4.78, 5) is 21.2. The second-order valence-corrected chi connectivity index (χ2v) is 7.81. The fourth-order valence-corrected chi connectivity index (χ4v) is 4.28. The van der Waals surface area contributed by atoms with Crippen LogP contribution in [0, 0.1) is 6.92 Å². The van der Waals surface area contributed by atoms with Crippen LogP contribution in [0.1, 0.15) is 36.3 Å². The summed E-state index contributed by atoms with van der Waals surface area (Å²) in [5, 5.41) is 3.63. The van der Waals surface area contributed by atoms with Crippen molar-refractivity contribution in [1.29, 1.82) is 0 Å². The highest BCUT2D eigenvalue weighted by atomic mass is 127.